The first kappa shape index (κ1) is 16.6. The summed E-state index contributed by atoms with van der Waals surface area (Å²) in [6, 6.07) is 2.79. The van der Waals surface area contributed by atoms with Crippen molar-refractivity contribution in [3.8, 4) is 0 Å². The zero-order valence-corrected chi connectivity index (χ0v) is 14.9. The predicted octanol–water partition coefficient (Wildman–Crippen LogP) is 2.23. The molecule has 0 aromatic carbocycles. The number of fused-ring (bicyclic) bond motifs is 2. The zero-order valence-electron chi connectivity index (χ0n) is 14.1. The van der Waals surface area contributed by atoms with Gasteiger partial charge in [-0.25, -0.2) is 0 Å². The van der Waals surface area contributed by atoms with Crippen LogP contribution in [0.4, 0.5) is 0 Å². The molecule has 0 saturated carbocycles. The number of nitrogens with two attached hydrogens (primary N) is 1. The van der Waals surface area contributed by atoms with Crippen LogP contribution in [0.5, 0.6) is 0 Å². The number of aryl methyl sites for hydroxylation is 1. The summed E-state index contributed by atoms with van der Waals surface area (Å²) < 4.78 is 6.39. The van der Waals surface area contributed by atoms with Crippen molar-refractivity contribution in [2.75, 3.05) is 13.7 Å². The second kappa shape index (κ2) is 6.71. The molecule has 0 bridgehead atoms. The van der Waals surface area contributed by atoms with Crippen LogP contribution in [0, 0.1) is 0 Å². The van der Waals surface area contributed by atoms with Gasteiger partial charge in [-0.1, -0.05) is 6.92 Å². The standard InChI is InChI=1S/C17H26N4OS/c1-4-13-7-12-5-6-22-17(16(12)23-13)8-11(2)20-14(9-17)15(21-18)10-19-3/h7,10-11,14,20H,4-6,8-9,18H2,1-3H3/b19-10?,21-15+/t11-,14-,17?/m0/s1. The Labute approximate surface area is 142 Å². The summed E-state index contributed by atoms with van der Waals surface area (Å²) in [5.74, 6) is 5.59. The van der Waals surface area contributed by atoms with Crippen LogP contribution >= 0.6 is 11.3 Å². The number of piperidine rings is 1. The van der Waals surface area contributed by atoms with Crippen molar-refractivity contribution in [3.63, 3.8) is 0 Å². The third-order valence-corrected chi connectivity index (χ3v) is 6.30. The van der Waals surface area contributed by atoms with E-state index < -0.39 is 0 Å². The van der Waals surface area contributed by atoms with E-state index in [2.05, 4.69) is 35.3 Å². The lowest BCUT2D eigenvalue weighted by atomic mass is 9.78. The van der Waals surface area contributed by atoms with Crippen LogP contribution < -0.4 is 11.2 Å². The van der Waals surface area contributed by atoms with Crippen LogP contribution in [-0.2, 0) is 23.2 Å². The molecule has 5 nitrogen and oxygen atoms in total. The number of hydrogen-bond acceptors (Lipinski definition) is 6. The second-order valence-electron chi connectivity index (χ2n) is 6.48. The molecule has 1 saturated heterocycles. The lowest BCUT2D eigenvalue weighted by Crippen LogP contribution is -2.56. The normalized spacial score (nSPS) is 31.7. The van der Waals surface area contributed by atoms with Gasteiger partial charge in [0.1, 0.15) is 5.60 Å². The van der Waals surface area contributed by atoms with E-state index >= 15 is 0 Å². The molecular formula is C17H26N4OS. The van der Waals surface area contributed by atoms with E-state index in [1.54, 1.807) is 13.3 Å². The first-order valence-electron chi connectivity index (χ1n) is 8.34. The van der Waals surface area contributed by atoms with Crippen molar-refractivity contribution >= 4 is 23.3 Å². The number of nitrogens with one attached hydrogen (secondary N) is 1. The van der Waals surface area contributed by atoms with Crippen LogP contribution in [0.25, 0.3) is 0 Å². The highest BCUT2D eigenvalue weighted by atomic mass is 32.1. The van der Waals surface area contributed by atoms with Crippen LogP contribution in [-0.4, -0.2) is 37.7 Å². The fraction of sp³-hybridized carbons (Fsp3) is 0.647. The Balaban J connectivity index is 1.97. The van der Waals surface area contributed by atoms with Crippen molar-refractivity contribution in [1.29, 1.82) is 0 Å². The smallest absolute Gasteiger partial charge is 0.106 e. The van der Waals surface area contributed by atoms with E-state index in [-0.39, 0.29) is 11.6 Å². The van der Waals surface area contributed by atoms with Crippen molar-refractivity contribution < 1.29 is 4.74 Å². The van der Waals surface area contributed by atoms with Crippen LogP contribution in [0.15, 0.2) is 16.2 Å². The van der Waals surface area contributed by atoms with E-state index in [1.165, 1.54) is 15.3 Å². The van der Waals surface area contributed by atoms with Gasteiger partial charge in [-0.2, -0.15) is 5.10 Å². The van der Waals surface area contributed by atoms with E-state index in [9.17, 15) is 0 Å². The molecule has 23 heavy (non-hydrogen) atoms. The van der Waals surface area contributed by atoms with Crippen molar-refractivity contribution in [2.24, 2.45) is 15.9 Å². The monoisotopic (exact) mass is 334 g/mol. The van der Waals surface area contributed by atoms with Crippen molar-refractivity contribution in [3.05, 3.63) is 21.4 Å². The molecule has 3 heterocycles. The summed E-state index contributed by atoms with van der Waals surface area (Å²) in [4.78, 5) is 6.96. The number of aliphatic imine (C=N–C) groups is 1. The van der Waals surface area contributed by atoms with Gasteiger partial charge in [0.2, 0.25) is 0 Å². The maximum absolute atomic E-state index is 6.39. The highest BCUT2D eigenvalue weighted by molar-refractivity contribution is 7.12. The number of hydrazone groups is 1. The zero-order chi connectivity index (χ0) is 16.4. The van der Waals surface area contributed by atoms with Gasteiger partial charge in [0.15, 0.2) is 0 Å². The predicted molar refractivity (Wildman–Crippen MR) is 96.7 cm³/mol. The first-order chi connectivity index (χ1) is 11.1. The highest BCUT2D eigenvalue weighted by Crippen LogP contribution is 2.46. The molecule has 126 valence electrons. The fourth-order valence-electron chi connectivity index (χ4n) is 3.86. The van der Waals surface area contributed by atoms with E-state index in [1.807, 2.05) is 11.3 Å². The topological polar surface area (TPSA) is 72.0 Å². The largest absolute Gasteiger partial charge is 0.369 e. The van der Waals surface area contributed by atoms with Crippen LogP contribution in [0.3, 0.4) is 0 Å². The average molecular weight is 334 g/mol. The molecule has 2 aliphatic heterocycles. The molecule has 1 aromatic heterocycles. The van der Waals surface area contributed by atoms with E-state index in [4.69, 9.17) is 10.6 Å². The van der Waals surface area contributed by atoms with Gasteiger partial charge >= 0.3 is 0 Å². The maximum Gasteiger partial charge on any atom is 0.106 e. The molecule has 3 N–H and O–H groups in total. The minimum Gasteiger partial charge on any atom is -0.369 e. The van der Waals surface area contributed by atoms with Gasteiger partial charge in [0, 0.05) is 35.5 Å². The third-order valence-electron chi connectivity index (χ3n) is 4.79. The van der Waals surface area contributed by atoms with Gasteiger partial charge in [0.25, 0.3) is 0 Å². The molecule has 3 atom stereocenters. The Kier molecular flexibility index (Phi) is 4.85. The van der Waals surface area contributed by atoms with Crippen LogP contribution in [0.1, 0.15) is 42.0 Å². The molecular weight excluding hydrogens is 308 g/mol. The fourth-order valence-corrected chi connectivity index (χ4v) is 5.17. The molecule has 6 heteroatoms. The number of hydrogen-bond donors (Lipinski definition) is 2. The molecule has 1 aromatic rings. The Morgan fingerprint density at radius 2 is 2.39 bits per heavy atom. The molecule has 0 aliphatic carbocycles. The van der Waals surface area contributed by atoms with Gasteiger partial charge in [-0.05, 0) is 37.8 Å². The van der Waals surface area contributed by atoms with E-state index in [0.717, 1.165) is 38.0 Å². The maximum atomic E-state index is 6.39. The van der Waals surface area contributed by atoms with E-state index in [0.29, 0.717) is 6.04 Å². The minimum atomic E-state index is -0.210. The number of thiophene rings is 1. The molecule has 1 fully saturated rings. The summed E-state index contributed by atoms with van der Waals surface area (Å²) in [5.41, 5.74) is 2.06. The Bertz CT molecular complexity index is 624. The minimum absolute atomic E-state index is 0.0746. The summed E-state index contributed by atoms with van der Waals surface area (Å²) in [7, 11) is 1.75. The lowest BCUT2D eigenvalue weighted by molar-refractivity contribution is -0.0893. The number of nitrogens with zero attached hydrogens (tertiary/aromatic N) is 2. The van der Waals surface area contributed by atoms with Crippen molar-refractivity contribution in [2.45, 2.75) is 57.2 Å². The van der Waals surface area contributed by atoms with Gasteiger partial charge in [-0.3, -0.25) is 4.99 Å². The average Bonchev–Trinajstić information content (AvgIpc) is 2.97. The Hall–Kier alpha value is -1.24. The Morgan fingerprint density at radius 3 is 3.09 bits per heavy atom. The summed E-state index contributed by atoms with van der Waals surface area (Å²) in [6.07, 6.45) is 5.70. The molecule has 0 amide bonds. The SMILES string of the molecule is CCc1cc2c(s1)C1(C[C@@H](/C(C=NC)=N/N)N[C@@H](C)C1)OCC2. The highest BCUT2D eigenvalue weighted by Gasteiger charge is 2.46. The molecule has 0 radical (unpaired) electrons. The summed E-state index contributed by atoms with van der Waals surface area (Å²) >= 11 is 1.92. The molecule has 2 aliphatic rings. The van der Waals surface area contributed by atoms with Crippen molar-refractivity contribution in [1.82, 2.24) is 5.32 Å². The Morgan fingerprint density at radius 1 is 1.57 bits per heavy atom. The first-order valence-corrected chi connectivity index (χ1v) is 9.15. The molecule has 1 unspecified atom stereocenters. The van der Waals surface area contributed by atoms with Gasteiger partial charge in [-0.15, -0.1) is 11.3 Å². The quantitative estimate of drug-likeness (QED) is 0.506. The summed E-state index contributed by atoms with van der Waals surface area (Å²) in [5, 5.41) is 7.54. The van der Waals surface area contributed by atoms with Gasteiger partial charge < -0.3 is 15.9 Å². The van der Waals surface area contributed by atoms with Gasteiger partial charge in [0.05, 0.1) is 18.4 Å². The number of ether oxygens (including phenoxy) is 1. The lowest BCUT2D eigenvalue weighted by Gasteiger charge is -2.46. The second-order valence-corrected chi connectivity index (χ2v) is 7.62. The molecule has 1 spiro atoms. The third kappa shape index (κ3) is 3.07. The van der Waals surface area contributed by atoms with Crippen LogP contribution in [0.2, 0.25) is 0 Å². The molecule has 3 rings (SSSR count). The number of rotatable bonds is 3. The summed E-state index contributed by atoms with van der Waals surface area (Å²) in [6.45, 7) is 5.22.